The molecule has 3 aliphatic rings. The zero-order valence-electron chi connectivity index (χ0n) is 21.2. The van der Waals surface area contributed by atoms with Gasteiger partial charge in [0.15, 0.2) is 11.6 Å². The standard InChI is InChI=1S/C30H22N2O7S/c1-15-12-22(33)25(29(36)39-15)27(34)26-24(17-8-10-18(11-9-17)32(37)38)21-13-40-14-31(21)30(26)20-7-3-5-16-4-2-6-19(23(16)20)28(30)35/h2-12,21,24,26,33H,13-14H2,1H3/t21?,24-,26-,30+/m1/s1. The molecule has 2 saturated heterocycles. The van der Waals surface area contributed by atoms with Gasteiger partial charge in [0.2, 0.25) is 0 Å². The van der Waals surface area contributed by atoms with Crippen LogP contribution in [0.4, 0.5) is 5.69 Å². The molecule has 4 aromatic rings. The summed E-state index contributed by atoms with van der Waals surface area (Å²) in [7, 11) is 0. The molecular formula is C30H22N2O7S. The highest BCUT2D eigenvalue weighted by Crippen LogP contribution is 2.62. The van der Waals surface area contributed by atoms with Gasteiger partial charge in [0, 0.05) is 47.4 Å². The van der Waals surface area contributed by atoms with Crippen molar-refractivity contribution in [3.63, 3.8) is 0 Å². The highest BCUT2D eigenvalue weighted by atomic mass is 32.2. The van der Waals surface area contributed by atoms with E-state index in [0.29, 0.717) is 28.3 Å². The second kappa shape index (κ2) is 8.61. The molecule has 3 heterocycles. The highest BCUT2D eigenvalue weighted by molar-refractivity contribution is 7.99. The normalized spacial score (nSPS) is 25.1. The van der Waals surface area contributed by atoms with Crippen molar-refractivity contribution in [2.75, 3.05) is 11.6 Å². The Morgan fingerprint density at radius 1 is 1.12 bits per heavy atom. The number of benzene rings is 3. The Kier molecular flexibility index (Phi) is 5.32. The van der Waals surface area contributed by atoms with E-state index in [9.17, 15) is 29.6 Å². The lowest BCUT2D eigenvalue weighted by Crippen LogP contribution is -2.52. The van der Waals surface area contributed by atoms with E-state index in [1.807, 2.05) is 30.3 Å². The maximum absolute atomic E-state index is 14.7. The van der Waals surface area contributed by atoms with Gasteiger partial charge in [0.25, 0.3) is 5.69 Å². The van der Waals surface area contributed by atoms with Crippen molar-refractivity contribution in [3.05, 3.63) is 115 Å². The van der Waals surface area contributed by atoms with Crippen molar-refractivity contribution in [1.82, 2.24) is 4.90 Å². The van der Waals surface area contributed by atoms with Crippen LogP contribution in [0.25, 0.3) is 10.8 Å². The van der Waals surface area contributed by atoms with Gasteiger partial charge in [-0.25, -0.2) is 4.79 Å². The Hall–Kier alpha value is -4.28. The first-order valence-electron chi connectivity index (χ1n) is 12.8. The average molecular weight is 555 g/mol. The number of Topliss-reactive ketones (excluding diaryl/α,β-unsaturated/α-hetero) is 2. The lowest BCUT2D eigenvalue weighted by molar-refractivity contribution is -0.384. The summed E-state index contributed by atoms with van der Waals surface area (Å²) in [5, 5.41) is 23.8. The first-order chi connectivity index (χ1) is 19.2. The molecule has 2 fully saturated rings. The molecule has 0 amide bonds. The number of aryl methyl sites for hydroxylation is 1. The lowest BCUT2D eigenvalue weighted by atomic mass is 9.68. The van der Waals surface area contributed by atoms with Gasteiger partial charge in [-0.2, -0.15) is 0 Å². The fourth-order valence-corrected chi connectivity index (χ4v) is 8.44. The molecule has 2 aliphatic heterocycles. The molecule has 0 saturated carbocycles. The van der Waals surface area contributed by atoms with Crippen LogP contribution in [0.1, 0.15) is 43.5 Å². The number of nitrogens with zero attached hydrogens (tertiary/aromatic N) is 2. The number of rotatable bonds is 4. The van der Waals surface area contributed by atoms with E-state index >= 15 is 0 Å². The number of nitro benzene ring substituents is 1. The molecule has 10 heteroatoms. The molecule has 7 rings (SSSR count). The van der Waals surface area contributed by atoms with Crippen molar-refractivity contribution in [3.8, 4) is 5.75 Å². The van der Waals surface area contributed by atoms with Gasteiger partial charge in [-0.15, -0.1) is 11.8 Å². The Morgan fingerprint density at radius 3 is 2.55 bits per heavy atom. The monoisotopic (exact) mass is 554 g/mol. The number of thioether (sulfide) groups is 1. The van der Waals surface area contributed by atoms with Gasteiger partial charge >= 0.3 is 5.63 Å². The quantitative estimate of drug-likeness (QED) is 0.215. The minimum absolute atomic E-state index is 0.0945. The minimum Gasteiger partial charge on any atom is -0.507 e. The van der Waals surface area contributed by atoms with Gasteiger partial charge in [-0.1, -0.05) is 48.5 Å². The van der Waals surface area contributed by atoms with Crippen LogP contribution in [0, 0.1) is 23.0 Å². The number of nitro groups is 1. The first-order valence-corrected chi connectivity index (χ1v) is 13.9. The van der Waals surface area contributed by atoms with Crippen LogP contribution < -0.4 is 5.63 Å². The molecule has 4 atom stereocenters. The molecule has 1 aliphatic carbocycles. The van der Waals surface area contributed by atoms with E-state index < -0.39 is 45.0 Å². The van der Waals surface area contributed by atoms with Crippen molar-refractivity contribution in [1.29, 1.82) is 0 Å². The Labute approximate surface area is 231 Å². The molecule has 1 unspecified atom stereocenters. The number of hydrogen-bond donors (Lipinski definition) is 1. The number of carbonyl (C=O) groups is 2. The summed E-state index contributed by atoms with van der Waals surface area (Å²) in [6, 6.07) is 18.1. The van der Waals surface area contributed by atoms with Crippen LogP contribution in [0.15, 0.2) is 75.9 Å². The number of fused-ring (bicyclic) bond motifs is 3. The summed E-state index contributed by atoms with van der Waals surface area (Å²) < 4.78 is 5.23. The Bertz CT molecular complexity index is 1830. The minimum atomic E-state index is -1.44. The van der Waals surface area contributed by atoms with Gasteiger partial charge in [-0.3, -0.25) is 24.6 Å². The van der Waals surface area contributed by atoms with Gasteiger partial charge < -0.3 is 9.52 Å². The van der Waals surface area contributed by atoms with E-state index in [2.05, 4.69) is 4.90 Å². The predicted octanol–water partition coefficient (Wildman–Crippen LogP) is 4.78. The summed E-state index contributed by atoms with van der Waals surface area (Å²) in [6.45, 7) is 1.50. The number of ketones is 2. The molecule has 9 nitrogen and oxygen atoms in total. The van der Waals surface area contributed by atoms with Crippen molar-refractivity contribution in [2.24, 2.45) is 5.92 Å². The third-order valence-corrected chi connectivity index (χ3v) is 9.61. The summed E-state index contributed by atoms with van der Waals surface area (Å²) in [6.07, 6.45) is 0. The molecular weight excluding hydrogens is 532 g/mol. The van der Waals surface area contributed by atoms with Gasteiger partial charge in [-0.05, 0) is 28.8 Å². The van der Waals surface area contributed by atoms with E-state index in [0.717, 1.165) is 10.8 Å². The second-order valence-corrected chi connectivity index (χ2v) is 11.5. The van der Waals surface area contributed by atoms with Crippen LogP contribution in [-0.2, 0) is 5.54 Å². The predicted molar refractivity (Wildman–Crippen MR) is 148 cm³/mol. The van der Waals surface area contributed by atoms with Crippen LogP contribution in [0.3, 0.4) is 0 Å². The SMILES string of the molecule is Cc1cc(O)c(C(=O)[C@H]2[C@H](c3ccc([N+](=O)[O-])cc3)C3CSCN3[C@]23C(=O)c2cccc4cccc3c24)c(=O)o1. The third kappa shape index (κ3) is 3.11. The van der Waals surface area contributed by atoms with Crippen LogP contribution in [0.5, 0.6) is 5.75 Å². The molecule has 0 bridgehead atoms. The number of aromatic hydroxyl groups is 1. The van der Waals surface area contributed by atoms with Crippen molar-refractivity contribution >= 4 is 39.8 Å². The molecule has 3 aromatic carbocycles. The van der Waals surface area contributed by atoms with Crippen molar-refractivity contribution < 1.29 is 24.0 Å². The highest BCUT2D eigenvalue weighted by Gasteiger charge is 2.69. The largest absolute Gasteiger partial charge is 0.507 e. The summed E-state index contributed by atoms with van der Waals surface area (Å²) in [5.74, 6) is -1.89. The fraction of sp³-hybridized carbons (Fsp3) is 0.233. The molecule has 200 valence electrons. The third-order valence-electron chi connectivity index (χ3n) is 8.57. The molecule has 0 radical (unpaired) electrons. The smallest absolute Gasteiger partial charge is 0.350 e. The Morgan fingerprint density at radius 2 is 1.85 bits per heavy atom. The van der Waals surface area contributed by atoms with Crippen LogP contribution >= 0.6 is 11.8 Å². The number of non-ortho nitro benzene ring substituents is 1. The maximum Gasteiger partial charge on any atom is 0.350 e. The van der Waals surface area contributed by atoms with E-state index in [1.54, 1.807) is 30.0 Å². The van der Waals surface area contributed by atoms with Gasteiger partial charge in [0.1, 0.15) is 22.6 Å². The summed E-state index contributed by atoms with van der Waals surface area (Å²) in [4.78, 5) is 55.3. The average Bonchev–Trinajstić information content (AvgIpc) is 3.58. The summed E-state index contributed by atoms with van der Waals surface area (Å²) >= 11 is 1.65. The zero-order chi connectivity index (χ0) is 27.9. The maximum atomic E-state index is 14.7. The van der Waals surface area contributed by atoms with Crippen LogP contribution in [0.2, 0.25) is 0 Å². The fourth-order valence-electron chi connectivity index (χ4n) is 7.11. The molecule has 1 N–H and O–H groups in total. The van der Waals surface area contributed by atoms with E-state index in [1.165, 1.54) is 25.1 Å². The van der Waals surface area contributed by atoms with E-state index in [4.69, 9.17) is 4.42 Å². The molecule has 1 aromatic heterocycles. The number of hydrogen-bond acceptors (Lipinski definition) is 9. The summed E-state index contributed by atoms with van der Waals surface area (Å²) in [5.41, 5.74) is -1.16. The Balaban J connectivity index is 1.53. The second-order valence-electron chi connectivity index (χ2n) is 10.5. The van der Waals surface area contributed by atoms with Crippen molar-refractivity contribution in [2.45, 2.75) is 24.4 Å². The van der Waals surface area contributed by atoms with E-state index in [-0.39, 0.29) is 23.3 Å². The van der Waals surface area contributed by atoms with Gasteiger partial charge in [0.05, 0.1) is 10.8 Å². The topological polar surface area (TPSA) is 131 Å². The lowest BCUT2D eigenvalue weighted by Gasteiger charge is -2.37. The zero-order valence-corrected chi connectivity index (χ0v) is 22.0. The molecule has 1 spiro atoms. The molecule has 40 heavy (non-hydrogen) atoms. The number of carbonyl (C=O) groups excluding carboxylic acids is 2. The first kappa shape index (κ1) is 24.7. The van der Waals surface area contributed by atoms with Crippen LogP contribution in [-0.4, -0.2) is 44.2 Å².